The fourth-order valence-electron chi connectivity index (χ4n) is 3.50. The van der Waals surface area contributed by atoms with E-state index in [0.717, 1.165) is 38.6 Å². The van der Waals surface area contributed by atoms with Crippen molar-refractivity contribution in [3.8, 4) is 0 Å². The fourth-order valence-corrected chi connectivity index (χ4v) is 3.50. The lowest BCUT2D eigenvalue weighted by atomic mass is 9.81. The lowest BCUT2D eigenvalue weighted by Crippen LogP contribution is -2.55. The summed E-state index contributed by atoms with van der Waals surface area (Å²) < 4.78 is 5.20. The predicted molar refractivity (Wildman–Crippen MR) is 83.3 cm³/mol. The molecule has 2 N–H and O–H groups in total. The highest BCUT2D eigenvalue weighted by molar-refractivity contribution is 5.85. The lowest BCUT2D eigenvalue weighted by molar-refractivity contribution is -0.133. The maximum Gasteiger partial charge on any atom is 0.226 e. The van der Waals surface area contributed by atoms with E-state index in [-0.39, 0.29) is 23.7 Å². The molecule has 5 heteroatoms. The molecule has 0 spiro atoms. The van der Waals surface area contributed by atoms with Crippen molar-refractivity contribution >= 4 is 18.3 Å². The van der Waals surface area contributed by atoms with Crippen molar-refractivity contribution < 1.29 is 9.53 Å². The van der Waals surface area contributed by atoms with E-state index in [2.05, 4.69) is 17.6 Å². The van der Waals surface area contributed by atoms with Gasteiger partial charge in [-0.2, -0.15) is 0 Å². The Morgan fingerprint density at radius 2 is 2.05 bits per heavy atom. The van der Waals surface area contributed by atoms with Crippen molar-refractivity contribution in [3.63, 3.8) is 0 Å². The number of hydrogen-bond acceptors (Lipinski definition) is 3. The van der Waals surface area contributed by atoms with Crippen molar-refractivity contribution in [3.05, 3.63) is 0 Å². The average Bonchev–Trinajstić information content (AvgIpc) is 2.89. The number of amides is 1. The van der Waals surface area contributed by atoms with Crippen LogP contribution in [0.15, 0.2) is 0 Å². The number of ether oxygens (including phenoxy) is 1. The third kappa shape index (κ3) is 4.09. The second-order valence-corrected chi connectivity index (χ2v) is 6.20. The van der Waals surface area contributed by atoms with E-state index < -0.39 is 0 Å². The van der Waals surface area contributed by atoms with Gasteiger partial charge in [-0.3, -0.25) is 4.79 Å². The molecule has 118 valence electrons. The van der Waals surface area contributed by atoms with E-state index in [4.69, 9.17) is 4.74 Å². The smallest absolute Gasteiger partial charge is 0.226 e. The quantitative estimate of drug-likeness (QED) is 0.819. The van der Waals surface area contributed by atoms with Crippen molar-refractivity contribution in [2.45, 2.75) is 64.0 Å². The van der Waals surface area contributed by atoms with Crippen LogP contribution in [0.4, 0.5) is 0 Å². The first-order chi connectivity index (χ1) is 9.18. The summed E-state index contributed by atoms with van der Waals surface area (Å²) in [5, 5.41) is 6.75. The van der Waals surface area contributed by atoms with Gasteiger partial charge < -0.3 is 15.4 Å². The molecule has 2 rings (SSSR count). The van der Waals surface area contributed by atoms with E-state index in [9.17, 15) is 4.79 Å². The molecule has 1 aliphatic heterocycles. The standard InChI is InChI=1S/C15H28N2O2.ClH/c1-12-13(6-5-10-16-12)17-14(18)15(9-11-19-2)7-3-4-8-15;/h12-13,16H,3-11H2,1-2H3,(H,17,18);1H. The Kier molecular flexibility index (Phi) is 7.27. The Bertz CT molecular complexity index is 306. The molecule has 1 amide bonds. The molecule has 1 heterocycles. The van der Waals surface area contributed by atoms with Crippen LogP contribution in [0.2, 0.25) is 0 Å². The summed E-state index contributed by atoms with van der Waals surface area (Å²) >= 11 is 0. The molecule has 2 atom stereocenters. The molecule has 0 aromatic rings. The van der Waals surface area contributed by atoms with Gasteiger partial charge in [0.15, 0.2) is 0 Å². The molecule has 0 aromatic carbocycles. The second-order valence-electron chi connectivity index (χ2n) is 6.20. The number of halogens is 1. The monoisotopic (exact) mass is 304 g/mol. The molecule has 0 aromatic heterocycles. The normalized spacial score (nSPS) is 28.7. The Balaban J connectivity index is 0.00000200. The first kappa shape index (κ1) is 17.7. The summed E-state index contributed by atoms with van der Waals surface area (Å²) in [7, 11) is 1.72. The number of piperidine rings is 1. The summed E-state index contributed by atoms with van der Waals surface area (Å²) in [6.07, 6.45) is 7.52. The maximum absolute atomic E-state index is 12.7. The minimum atomic E-state index is -0.160. The van der Waals surface area contributed by atoms with Gasteiger partial charge in [0, 0.05) is 25.8 Å². The van der Waals surface area contributed by atoms with Gasteiger partial charge in [0.2, 0.25) is 5.91 Å². The van der Waals surface area contributed by atoms with Crippen molar-refractivity contribution in [1.29, 1.82) is 0 Å². The van der Waals surface area contributed by atoms with E-state index in [0.29, 0.717) is 18.7 Å². The zero-order chi connectivity index (χ0) is 13.7. The van der Waals surface area contributed by atoms with Crippen LogP contribution in [0.5, 0.6) is 0 Å². The topological polar surface area (TPSA) is 50.4 Å². The first-order valence-electron chi connectivity index (χ1n) is 7.71. The number of carbonyl (C=O) groups is 1. The second kappa shape index (κ2) is 8.20. The molecule has 20 heavy (non-hydrogen) atoms. The van der Waals surface area contributed by atoms with Gasteiger partial charge in [0.25, 0.3) is 0 Å². The molecule has 1 saturated heterocycles. The molecule has 4 nitrogen and oxygen atoms in total. The van der Waals surface area contributed by atoms with Gasteiger partial charge in [-0.05, 0) is 45.6 Å². The number of rotatable bonds is 5. The highest BCUT2D eigenvalue weighted by atomic mass is 35.5. The van der Waals surface area contributed by atoms with Gasteiger partial charge in [0.05, 0.1) is 5.41 Å². The first-order valence-corrected chi connectivity index (χ1v) is 7.71. The molecule has 0 radical (unpaired) electrons. The van der Waals surface area contributed by atoms with Crippen LogP contribution < -0.4 is 10.6 Å². The molecule has 2 aliphatic rings. The zero-order valence-corrected chi connectivity index (χ0v) is 13.6. The number of hydrogen-bond donors (Lipinski definition) is 2. The van der Waals surface area contributed by atoms with E-state index in [1.807, 2.05) is 0 Å². The minimum absolute atomic E-state index is 0. The van der Waals surface area contributed by atoms with Crippen LogP contribution in [0, 0.1) is 5.41 Å². The molecular weight excluding hydrogens is 276 g/mol. The van der Waals surface area contributed by atoms with Gasteiger partial charge in [-0.15, -0.1) is 12.4 Å². The highest BCUT2D eigenvalue weighted by Gasteiger charge is 2.41. The largest absolute Gasteiger partial charge is 0.385 e. The Morgan fingerprint density at radius 3 is 2.65 bits per heavy atom. The van der Waals surface area contributed by atoms with Crippen LogP contribution in [-0.4, -0.2) is 38.3 Å². The number of carbonyl (C=O) groups excluding carboxylic acids is 1. The zero-order valence-electron chi connectivity index (χ0n) is 12.7. The van der Waals surface area contributed by atoms with Gasteiger partial charge >= 0.3 is 0 Å². The van der Waals surface area contributed by atoms with Crippen molar-refractivity contribution in [2.75, 3.05) is 20.3 Å². The Morgan fingerprint density at radius 1 is 1.35 bits per heavy atom. The van der Waals surface area contributed by atoms with Crippen LogP contribution in [0.3, 0.4) is 0 Å². The molecule has 2 fully saturated rings. The van der Waals surface area contributed by atoms with Crippen LogP contribution in [0.1, 0.15) is 51.9 Å². The summed E-state index contributed by atoms with van der Waals surface area (Å²) in [5.74, 6) is 0.266. The van der Waals surface area contributed by atoms with E-state index in [1.54, 1.807) is 7.11 Å². The highest BCUT2D eigenvalue weighted by Crippen LogP contribution is 2.41. The van der Waals surface area contributed by atoms with E-state index >= 15 is 0 Å². The van der Waals surface area contributed by atoms with Gasteiger partial charge in [-0.1, -0.05) is 12.8 Å². The number of methoxy groups -OCH3 is 1. The Hall–Kier alpha value is -0.320. The third-order valence-electron chi connectivity index (χ3n) is 4.91. The fraction of sp³-hybridized carbons (Fsp3) is 0.933. The summed E-state index contributed by atoms with van der Waals surface area (Å²) in [5.41, 5.74) is -0.160. The third-order valence-corrected chi connectivity index (χ3v) is 4.91. The van der Waals surface area contributed by atoms with E-state index in [1.165, 1.54) is 12.8 Å². The number of nitrogens with one attached hydrogen (secondary N) is 2. The maximum atomic E-state index is 12.7. The SMILES string of the molecule is COCCC1(C(=O)NC2CCCNC2C)CCCC1.Cl. The van der Waals surface area contributed by atoms with Gasteiger partial charge in [0.1, 0.15) is 0 Å². The summed E-state index contributed by atoms with van der Waals surface area (Å²) in [4.78, 5) is 12.7. The molecule has 1 aliphatic carbocycles. The molecule has 0 bridgehead atoms. The summed E-state index contributed by atoms with van der Waals surface area (Å²) in [6.45, 7) is 3.93. The predicted octanol–water partition coefficient (Wildman–Crippen LogP) is 2.26. The minimum Gasteiger partial charge on any atom is -0.385 e. The van der Waals surface area contributed by atoms with Crippen molar-refractivity contribution in [2.24, 2.45) is 5.41 Å². The molecular formula is C15H29ClN2O2. The van der Waals surface area contributed by atoms with Crippen molar-refractivity contribution in [1.82, 2.24) is 10.6 Å². The molecule has 2 unspecified atom stereocenters. The molecule has 1 saturated carbocycles. The van der Waals surface area contributed by atoms with Gasteiger partial charge in [-0.25, -0.2) is 0 Å². The lowest BCUT2D eigenvalue weighted by Gasteiger charge is -2.35. The van der Waals surface area contributed by atoms with Crippen LogP contribution in [0.25, 0.3) is 0 Å². The average molecular weight is 305 g/mol. The summed E-state index contributed by atoms with van der Waals surface area (Å²) in [6, 6.07) is 0.680. The van der Waals surface area contributed by atoms with Crippen LogP contribution in [-0.2, 0) is 9.53 Å². The Labute approximate surface area is 128 Å². The van der Waals surface area contributed by atoms with Crippen LogP contribution >= 0.6 is 12.4 Å².